The Morgan fingerprint density at radius 1 is 0.344 bits per heavy atom. The van der Waals surface area contributed by atoms with Gasteiger partial charge in [-0.25, -0.2) is 0 Å². The number of rotatable bonds is 7. The maximum absolute atomic E-state index is 6.63. The van der Waals surface area contributed by atoms with Crippen molar-refractivity contribution >= 4 is 71.6 Å². The number of para-hydroxylation sites is 5. The molecule has 0 radical (unpaired) electrons. The van der Waals surface area contributed by atoms with Gasteiger partial charge in [-0.15, -0.1) is 0 Å². The van der Waals surface area contributed by atoms with E-state index in [0.29, 0.717) is 0 Å². The van der Waals surface area contributed by atoms with Crippen molar-refractivity contribution < 1.29 is 4.42 Å². The first-order valence-corrected chi connectivity index (χ1v) is 20.8. The standard InChI is InChI=1S/C58H38N2O/c1-2-18-46-41(14-1)15-11-23-47(46)42-32-30-39(31-33-42)40-34-36-43(37-35-40)59(44-16-12-17-45(38-44)60-55-27-8-3-19-48(55)49-20-4-9-28-56(49)60)54-26-7-5-21-50(54)52-24-13-25-53-51-22-6-10-29-57(51)61-58(52)53/h1-38H. The van der Waals surface area contributed by atoms with Gasteiger partial charge >= 0.3 is 0 Å². The number of furan rings is 1. The monoisotopic (exact) mass is 778 g/mol. The van der Waals surface area contributed by atoms with Gasteiger partial charge in [0.1, 0.15) is 11.2 Å². The van der Waals surface area contributed by atoms with Crippen molar-refractivity contribution in [2.24, 2.45) is 0 Å². The molecule has 0 saturated heterocycles. The maximum Gasteiger partial charge on any atom is 0.143 e. The first kappa shape index (κ1) is 34.9. The average molecular weight is 779 g/mol. The number of anilines is 3. The summed E-state index contributed by atoms with van der Waals surface area (Å²) in [6.45, 7) is 0. The maximum atomic E-state index is 6.63. The molecule has 0 atom stereocenters. The predicted octanol–water partition coefficient (Wildman–Crippen LogP) is 16.3. The first-order valence-electron chi connectivity index (χ1n) is 20.8. The molecule has 286 valence electrons. The molecule has 0 saturated carbocycles. The van der Waals surface area contributed by atoms with E-state index in [9.17, 15) is 0 Å². The van der Waals surface area contributed by atoms with Crippen molar-refractivity contribution in [1.29, 1.82) is 0 Å². The Bertz CT molecular complexity index is 3530. The predicted molar refractivity (Wildman–Crippen MR) is 257 cm³/mol. The van der Waals surface area contributed by atoms with Crippen LogP contribution in [0.3, 0.4) is 0 Å². The Hall–Kier alpha value is -8.14. The highest BCUT2D eigenvalue weighted by Gasteiger charge is 2.21. The second-order valence-corrected chi connectivity index (χ2v) is 15.7. The molecule has 2 heterocycles. The van der Waals surface area contributed by atoms with Gasteiger partial charge in [0.2, 0.25) is 0 Å². The van der Waals surface area contributed by atoms with Crippen molar-refractivity contribution in [2.45, 2.75) is 0 Å². The summed E-state index contributed by atoms with van der Waals surface area (Å²) in [6.07, 6.45) is 0. The molecular weight excluding hydrogens is 741 g/mol. The van der Waals surface area contributed by atoms with Gasteiger partial charge in [0.25, 0.3) is 0 Å². The molecule has 10 aromatic carbocycles. The van der Waals surface area contributed by atoms with Crippen molar-refractivity contribution in [1.82, 2.24) is 4.57 Å². The Morgan fingerprint density at radius 2 is 0.885 bits per heavy atom. The summed E-state index contributed by atoms with van der Waals surface area (Å²) in [5, 5.41) is 7.23. The molecule has 3 nitrogen and oxygen atoms in total. The van der Waals surface area contributed by atoms with Crippen LogP contribution < -0.4 is 4.90 Å². The molecule has 12 rings (SSSR count). The van der Waals surface area contributed by atoms with E-state index >= 15 is 0 Å². The van der Waals surface area contributed by atoms with Crippen LogP contribution in [0, 0.1) is 0 Å². The highest BCUT2D eigenvalue weighted by atomic mass is 16.3. The fraction of sp³-hybridized carbons (Fsp3) is 0. The van der Waals surface area contributed by atoms with Crippen LogP contribution in [0.4, 0.5) is 17.1 Å². The van der Waals surface area contributed by atoms with E-state index in [1.165, 1.54) is 49.3 Å². The summed E-state index contributed by atoms with van der Waals surface area (Å²) in [7, 11) is 0. The Morgan fingerprint density at radius 3 is 1.67 bits per heavy atom. The number of hydrogen-bond acceptors (Lipinski definition) is 2. The van der Waals surface area contributed by atoms with E-state index in [1.54, 1.807) is 0 Å². The molecule has 12 aromatic rings. The number of hydrogen-bond donors (Lipinski definition) is 0. The molecule has 0 N–H and O–H groups in total. The second kappa shape index (κ2) is 14.3. The van der Waals surface area contributed by atoms with Crippen LogP contribution in [-0.2, 0) is 0 Å². The Labute approximate surface area is 353 Å². The Balaban J connectivity index is 1.01. The van der Waals surface area contributed by atoms with Crippen LogP contribution in [-0.4, -0.2) is 4.57 Å². The van der Waals surface area contributed by atoms with Crippen LogP contribution in [0.25, 0.3) is 93.6 Å². The Kier molecular flexibility index (Phi) is 8.17. The van der Waals surface area contributed by atoms with Gasteiger partial charge in [0, 0.05) is 49.7 Å². The van der Waals surface area contributed by atoms with Crippen LogP contribution in [0.2, 0.25) is 0 Å². The lowest BCUT2D eigenvalue weighted by molar-refractivity contribution is 0.670. The minimum absolute atomic E-state index is 0.887. The van der Waals surface area contributed by atoms with Gasteiger partial charge in [-0.3, -0.25) is 0 Å². The molecule has 61 heavy (non-hydrogen) atoms. The molecular formula is C58H38N2O. The third kappa shape index (κ3) is 5.82. The zero-order valence-electron chi connectivity index (χ0n) is 33.2. The van der Waals surface area contributed by atoms with Gasteiger partial charge in [-0.05, 0) is 87.6 Å². The van der Waals surface area contributed by atoms with Crippen LogP contribution >= 0.6 is 0 Å². The highest BCUT2D eigenvalue weighted by Crippen LogP contribution is 2.45. The highest BCUT2D eigenvalue weighted by molar-refractivity contribution is 6.11. The quantitative estimate of drug-likeness (QED) is 0.161. The lowest BCUT2D eigenvalue weighted by atomic mass is 9.96. The van der Waals surface area contributed by atoms with Crippen LogP contribution in [0.5, 0.6) is 0 Å². The number of benzene rings is 10. The molecule has 2 aromatic heterocycles. The number of fused-ring (bicyclic) bond motifs is 7. The van der Waals surface area contributed by atoms with Gasteiger partial charge in [-0.1, -0.05) is 176 Å². The minimum Gasteiger partial charge on any atom is -0.455 e. The summed E-state index contributed by atoms with van der Waals surface area (Å²) in [5.41, 5.74) is 15.3. The van der Waals surface area contributed by atoms with Crippen LogP contribution in [0.1, 0.15) is 0 Å². The van der Waals surface area contributed by atoms with Crippen molar-refractivity contribution in [3.63, 3.8) is 0 Å². The molecule has 0 aliphatic rings. The smallest absolute Gasteiger partial charge is 0.143 e. The van der Waals surface area contributed by atoms with Gasteiger partial charge in [-0.2, -0.15) is 0 Å². The minimum atomic E-state index is 0.887. The molecule has 0 aliphatic heterocycles. The largest absolute Gasteiger partial charge is 0.455 e. The van der Waals surface area contributed by atoms with Gasteiger partial charge < -0.3 is 13.9 Å². The zero-order chi connectivity index (χ0) is 40.3. The van der Waals surface area contributed by atoms with Gasteiger partial charge in [0.15, 0.2) is 0 Å². The molecule has 0 spiro atoms. The molecule has 0 unspecified atom stereocenters. The van der Waals surface area contributed by atoms with Crippen molar-refractivity contribution in [3.8, 4) is 39.1 Å². The molecule has 0 fully saturated rings. The van der Waals surface area contributed by atoms with Gasteiger partial charge in [0.05, 0.1) is 16.7 Å². The SMILES string of the molecule is c1cc(N(c2ccc(-c3ccc(-c4cccc5ccccc45)cc3)cc2)c2ccccc2-c2cccc3c2oc2ccccc23)cc(-n2c3ccccc3c3ccccc32)c1. The molecule has 0 aliphatic carbocycles. The molecule has 0 amide bonds. The van der Waals surface area contributed by atoms with E-state index in [2.05, 4.69) is 234 Å². The normalized spacial score (nSPS) is 11.6. The fourth-order valence-electron chi connectivity index (χ4n) is 9.38. The topological polar surface area (TPSA) is 21.3 Å². The first-order chi connectivity index (χ1) is 30.3. The zero-order valence-corrected chi connectivity index (χ0v) is 33.2. The van der Waals surface area contributed by atoms with Crippen molar-refractivity contribution in [3.05, 3.63) is 231 Å². The van der Waals surface area contributed by atoms with E-state index in [0.717, 1.165) is 61.4 Å². The molecule has 0 bridgehead atoms. The van der Waals surface area contributed by atoms with E-state index in [4.69, 9.17) is 4.42 Å². The summed E-state index contributed by atoms with van der Waals surface area (Å²) in [4.78, 5) is 2.39. The fourth-order valence-corrected chi connectivity index (χ4v) is 9.38. The summed E-state index contributed by atoms with van der Waals surface area (Å²) >= 11 is 0. The molecule has 3 heteroatoms. The van der Waals surface area contributed by atoms with Crippen molar-refractivity contribution in [2.75, 3.05) is 4.90 Å². The van der Waals surface area contributed by atoms with E-state index in [-0.39, 0.29) is 0 Å². The number of nitrogens with zero attached hydrogens (tertiary/aromatic N) is 2. The third-order valence-electron chi connectivity index (χ3n) is 12.2. The summed E-state index contributed by atoms with van der Waals surface area (Å²) in [5.74, 6) is 0. The summed E-state index contributed by atoms with van der Waals surface area (Å²) in [6, 6.07) is 82.9. The lowest BCUT2D eigenvalue weighted by Gasteiger charge is -2.28. The average Bonchev–Trinajstić information content (AvgIpc) is 3.88. The van der Waals surface area contributed by atoms with Crippen LogP contribution in [0.15, 0.2) is 235 Å². The van der Waals surface area contributed by atoms with E-state index in [1.807, 2.05) is 6.07 Å². The van der Waals surface area contributed by atoms with E-state index < -0.39 is 0 Å². The third-order valence-corrected chi connectivity index (χ3v) is 12.2. The lowest BCUT2D eigenvalue weighted by Crippen LogP contribution is -2.12. The number of aromatic nitrogens is 1. The summed E-state index contributed by atoms with van der Waals surface area (Å²) < 4.78 is 9.02. The second-order valence-electron chi connectivity index (χ2n) is 15.7.